The smallest absolute Gasteiger partial charge is 0.139 e. The van der Waals surface area contributed by atoms with Gasteiger partial charge in [-0.25, -0.2) is 4.99 Å². The topological polar surface area (TPSA) is 28.0 Å². The molecule has 0 saturated carbocycles. The van der Waals surface area contributed by atoms with Crippen molar-refractivity contribution in [2.75, 3.05) is 14.1 Å². The molecule has 3 heteroatoms. The number of hydrogen-bond donors (Lipinski definition) is 0. The molecule has 3 nitrogen and oxygen atoms in total. The van der Waals surface area contributed by atoms with Gasteiger partial charge in [0.05, 0.1) is 0 Å². The molecule has 0 saturated heterocycles. The molecule has 0 N–H and O–H groups in total. The molecule has 0 spiro atoms. The van der Waals surface area contributed by atoms with E-state index in [1.165, 1.54) is 0 Å². The van der Waals surface area contributed by atoms with Gasteiger partial charge in [0, 0.05) is 19.8 Å². The molecule has 0 bridgehead atoms. The molecule has 0 aliphatic carbocycles. The van der Waals surface area contributed by atoms with Crippen molar-refractivity contribution in [2.45, 2.75) is 33.9 Å². The van der Waals surface area contributed by atoms with E-state index in [1.54, 1.807) is 0 Å². The van der Waals surface area contributed by atoms with E-state index in [1.807, 2.05) is 58.8 Å². The standard InChI is InChI=1S/C13H23N3/c1-8-9-13(16(6)7)15-12(5)14-11(4)10(2)3/h8-9,12H,2H2,1,3-7H3/b9-8+,14-11?,15-13?. The number of amidine groups is 1. The minimum absolute atomic E-state index is 0.0784. The Morgan fingerprint density at radius 3 is 2.19 bits per heavy atom. The Bertz CT molecular complexity index is 322. The van der Waals surface area contributed by atoms with Gasteiger partial charge in [0.2, 0.25) is 0 Å². The van der Waals surface area contributed by atoms with Crippen LogP contribution in [-0.4, -0.2) is 36.7 Å². The van der Waals surface area contributed by atoms with Gasteiger partial charge in [-0.05, 0) is 39.3 Å². The first-order valence-electron chi connectivity index (χ1n) is 5.46. The Hall–Kier alpha value is -1.38. The molecular formula is C13H23N3. The normalized spacial score (nSPS) is 15.4. The summed E-state index contributed by atoms with van der Waals surface area (Å²) in [5.74, 6) is 0.924. The Balaban J connectivity index is 4.85. The molecule has 0 aromatic carbocycles. The predicted octanol–water partition coefficient (Wildman–Crippen LogP) is 2.91. The summed E-state index contributed by atoms with van der Waals surface area (Å²) in [5, 5.41) is 0. The van der Waals surface area contributed by atoms with Crippen molar-refractivity contribution in [3.05, 3.63) is 24.3 Å². The minimum atomic E-state index is -0.0784. The number of hydrogen-bond acceptors (Lipinski definition) is 2. The summed E-state index contributed by atoms with van der Waals surface area (Å²) < 4.78 is 0. The number of allylic oxidation sites excluding steroid dienone is 2. The molecule has 1 unspecified atom stereocenters. The maximum absolute atomic E-state index is 4.52. The number of nitrogens with zero attached hydrogens (tertiary/aromatic N) is 3. The first kappa shape index (κ1) is 14.6. The summed E-state index contributed by atoms with van der Waals surface area (Å²) in [7, 11) is 3.95. The maximum Gasteiger partial charge on any atom is 0.139 e. The van der Waals surface area contributed by atoms with E-state index in [-0.39, 0.29) is 6.17 Å². The van der Waals surface area contributed by atoms with Crippen LogP contribution in [0.4, 0.5) is 0 Å². The van der Waals surface area contributed by atoms with Crippen LogP contribution in [-0.2, 0) is 0 Å². The van der Waals surface area contributed by atoms with Gasteiger partial charge in [-0.2, -0.15) is 0 Å². The predicted molar refractivity (Wildman–Crippen MR) is 73.3 cm³/mol. The highest BCUT2D eigenvalue weighted by atomic mass is 15.2. The van der Waals surface area contributed by atoms with E-state index < -0.39 is 0 Å². The van der Waals surface area contributed by atoms with Crippen molar-refractivity contribution in [2.24, 2.45) is 9.98 Å². The second-order valence-corrected chi connectivity index (χ2v) is 4.01. The van der Waals surface area contributed by atoms with Crippen LogP contribution >= 0.6 is 0 Å². The second kappa shape index (κ2) is 6.99. The zero-order chi connectivity index (χ0) is 12.7. The first-order chi connectivity index (χ1) is 7.38. The van der Waals surface area contributed by atoms with Crippen LogP contribution in [0.25, 0.3) is 0 Å². The molecule has 16 heavy (non-hydrogen) atoms. The lowest BCUT2D eigenvalue weighted by atomic mass is 10.2. The van der Waals surface area contributed by atoms with Gasteiger partial charge in [0.1, 0.15) is 12.0 Å². The van der Waals surface area contributed by atoms with Crippen LogP contribution in [0.5, 0.6) is 0 Å². The third kappa shape index (κ3) is 5.49. The number of rotatable bonds is 4. The molecule has 0 aromatic rings. The zero-order valence-corrected chi connectivity index (χ0v) is 11.3. The lowest BCUT2D eigenvalue weighted by Gasteiger charge is -2.14. The third-order valence-electron chi connectivity index (χ3n) is 2.09. The van der Waals surface area contributed by atoms with Crippen molar-refractivity contribution in [1.29, 1.82) is 0 Å². The molecular weight excluding hydrogens is 198 g/mol. The second-order valence-electron chi connectivity index (χ2n) is 4.01. The average molecular weight is 221 g/mol. The summed E-state index contributed by atoms with van der Waals surface area (Å²) in [4.78, 5) is 10.9. The molecule has 0 aliphatic heterocycles. The van der Waals surface area contributed by atoms with Crippen molar-refractivity contribution in [1.82, 2.24) is 4.90 Å². The molecule has 0 fully saturated rings. The van der Waals surface area contributed by atoms with Gasteiger partial charge in [0.15, 0.2) is 0 Å². The summed E-state index contributed by atoms with van der Waals surface area (Å²) >= 11 is 0. The van der Waals surface area contributed by atoms with Gasteiger partial charge in [-0.15, -0.1) is 0 Å². The van der Waals surface area contributed by atoms with Crippen LogP contribution < -0.4 is 0 Å². The van der Waals surface area contributed by atoms with Gasteiger partial charge >= 0.3 is 0 Å². The van der Waals surface area contributed by atoms with Crippen molar-refractivity contribution < 1.29 is 0 Å². The quantitative estimate of drug-likeness (QED) is 0.530. The minimum Gasteiger partial charge on any atom is -0.363 e. The lowest BCUT2D eigenvalue weighted by molar-refractivity contribution is 0.612. The van der Waals surface area contributed by atoms with Crippen LogP contribution in [0.2, 0.25) is 0 Å². The highest BCUT2D eigenvalue weighted by Gasteiger charge is 2.01. The number of likely N-dealkylation sites (N-methyl/N-ethyl adjacent to an activating group) is 1. The van der Waals surface area contributed by atoms with E-state index in [4.69, 9.17) is 0 Å². The molecule has 0 aliphatic rings. The highest BCUT2D eigenvalue weighted by Crippen LogP contribution is 2.01. The SMILES string of the molecule is C=C(C)C(C)=NC(C)N=C(/C=C/C)N(C)C. The Morgan fingerprint density at radius 2 is 1.81 bits per heavy atom. The van der Waals surface area contributed by atoms with Gasteiger partial charge in [-0.1, -0.05) is 12.7 Å². The fourth-order valence-corrected chi connectivity index (χ4v) is 1.07. The summed E-state index contributed by atoms with van der Waals surface area (Å²) in [6.45, 7) is 11.7. The molecule has 0 radical (unpaired) electrons. The van der Waals surface area contributed by atoms with Crippen molar-refractivity contribution >= 4 is 11.5 Å². The zero-order valence-electron chi connectivity index (χ0n) is 11.3. The molecule has 0 aromatic heterocycles. The summed E-state index contributed by atoms with van der Waals surface area (Å²) in [5.41, 5.74) is 1.94. The summed E-state index contributed by atoms with van der Waals surface area (Å²) in [6, 6.07) is 0. The Kier molecular flexibility index (Phi) is 6.38. The molecule has 1 atom stereocenters. The Labute approximate surface area is 99.3 Å². The van der Waals surface area contributed by atoms with Gasteiger partial charge in [-0.3, -0.25) is 4.99 Å². The average Bonchev–Trinajstić information content (AvgIpc) is 2.16. The molecule has 0 amide bonds. The van der Waals surface area contributed by atoms with E-state index >= 15 is 0 Å². The van der Waals surface area contributed by atoms with Crippen LogP contribution in [0.3, 0.4) is 0 Å². The molecule has 90 valence electrons. The lowest BCUT2D eigenvalue weighted by Crippen LogP contribution is -2.21. The third-order valence-corrected chi connectivity index (χ3v) is 2.09. The van der Waals surface area contributed by atoms with E-state index in [9.17, 15) is 0 Å². The maximum atomic E-state index is 4.52. The van der Waals surface area contributed by atoms with Gasteiger partial charge in [0.25, 0.3) is 0 Å². The highest BCUT2D eigenvalue weighted by molar-refractivity contribution is 5.97. The fraction of sp³-hybridized carbons (Fsp3) is 0.538. The monoisotopic (exact) mass is 221 g/mol. The first-order valence-corrected chi connectivity index (χ1v) is 5.46. The molecule has 0 rings (SSSR count). The van der Waals surface area contributed by atoms with Crippen molar-refractivity contribution in [3.63, 3.8) is 0 Å². The van der Waals surface area contributed by atoms with E-state index in [0.717, 1.165) is 17.1 Å². The fourth-order valence-electron chi connectivity index (χ4n) is 1.07. The number of aliphatic imine (C=N–C) groups is 2. The largest absolute Gasteiger partial charge is 0.363 e. The van der Waals surface area contributed by atoms with Crippen molar-refractivity contribution in [3.8, 4) is 0 Å². The van der Waals surface area contributed by atoms with E-state index in [2.05, 4.69) is 16.6 Å². The van der Waals surface area contributed by atoms with Crippen LogP contribution in [0.1, 0.15) is 27.7 Å². The van der Waals surface area contributed by atoms with E-state index in [0.29, 0.717) is 0 Å². The molecule has 0 heterocycles. The Morgan fingerprint density at radius 1 is 1.25 bits per heavy atom. The van der Waals surface area contributed by atoms with Crippen LogP contribution in [0.15, 0.2) is 34.3 Å². The van der Waals surface area contributed by atoms with Gasteiger partial charge < -0.3 is 4.90 Å². The summed E-state index contributed by atoms with van der Waals surface area (Å²) in [6.07, 6.45) is 3.87. The van der Waals surface area contributed by atoms with Crippen LogP contribution in [0, 0.1) is 0 Å².